The number of rotatable bonds is 2. The highest BCUT2D eigenvalue weighted by Crippen LogP contribution is 2.33. The lowest BCUT2D eigenvalue weighted by molar-refractivity contribution is -0.137. The summed E-state index contributed by atoms with van der Waals surface area (Å²) in [5, 5.41) is 0. The Kier molecular flexibility index (Phi) is 3.92. The second-order valence-corrected chi connectivity index (χ2v) is 5.20. The van der Waals surface area contributed by atoms with E-state index in [1.807, 2.05) is 0 Å². The van der Waals surface area contributed by atoms with Crippen LogP contribution in [-0.4, -0.2) is 14.5 Å². The van der Waals surface area contributed by atoms with Gasteiger partial charge in [-0.1, -0.05) is 12.1 Å². The molecule has 0 aliphatic heterocycles. The first kappa shape index (κ1) is 15.9. The van der Waals surface area contributed by atoms with Crippen molar-refractivity contribution in [3.63, 3.8) is 0 Å². The third-order valence-corrected chi connectivity index (χ3v) is 3.56. The van der Waals surface area contributed by atoms with Gasteiger partial charge in [0.1, 0.15) is 0 Å². The van der Waals surface area contributed by atoms with Crippen LogP contribution in [0.25, 0.3) is 22.4 Å². The highest BCUT2D eigenvalue weighted by Gasteiger charge is 2.31. The zero-order chi connectivity index (χ0) is 17.3. The molecule has 0 radical (unpaired) electrons. The minimum Gasteiger partial charge on any atom is -0.302 e. The molecule has 2 aromatic heterocycles. The van der Waals surface area contributed by atoms with Gasteiger partial charge in [-0.05, 0) is 29.8 Å². The molecule has 0 amide bonds. The van der Waals surface area contributed by atoms with Crippen molar-refractivity contribution in [3.05, 3.63) is 71.0 Å². The van der Waals surface area contributed by atoms with Gasteiger partial charge in [0, 0.05) is 25.0 Å². The fourth-order valence-electron chi connectivity index (χ4n) is 2.38. The van der Waals surface area contributed by atoms with E-state index in [9.17, 15) is 18.0 Å². The van der Waals surface area contributed by atoms with Crippen molar-refractivity contribution in [2.24, 2.45) is 7.05 Å². The van der Waals surface area contributed by atoms with Crippen LogP contribution in [0.3, 0.4) is 0 Å². The third kappa shape index (κ3) is 2.92. The zero-order valence-electron chi connectivity index (χ0n) is 12.6. The number of alkyl halides is 3. The first-order valence-electron chi connectivity index (χ1n) is 7.01. The van der Waals surface area contributed by atoms with Crippen LogP contribution < -0.4 is 5.56 Å². The second kappa shape index (κ2) is 5.92. The lowest BCUT2D eigenvalue weighted by atomic mass is 9.99. The molecule has 0 saturated heterocycles. The minimum atomic E-state index is -4.49. The summed E-state index contributed by atoms with van der Waals surface area (Å²) < 4.78 is 40.2. The third-order valence-electron chi connectivity index (χ3n) is 3.56. The average Bonchev–Trinajstić information content (AvgIpc) is 2.57. The molecular formula is C17H12F3N3O. The zero-order valence-corrected chi connectivity index (χ0v) is 12.6. The van der Waals surface area contributed by atoms with E-state index in [0.717, 1.165) is 12.1 Å². The first-order valence-corrected chi connectivity index (χ1v) is 7.01. The van der Waals surface area contributed by atoms with Crippen LogP contribution in [0, 0.1) is 0 Å². The van der Waals surface area contributed by atoms with E-state index in [4.69, 9.17) is 0 Å². The molecule has 3 aromatic rings. The van der Waals surface area contributed by atoms with Gasteiger partial charge in [-0.15, -0.1) is 0 Å². The van der Waals surface area contributed by atoms with Crippen LogP contribution in [0.15, 0.2) is 59.9 Å². The van der Waals surface area contributed by atoms with Gasteiger partial charge in [0.2, 0.25) is 0 Å². The van der Waals surface area contributed by atoms with Crippen molar-refractivity contribution in [1.82, 2.24) is 14.5 Å². The Morgan fingerprint density at radius 1 is 1.04 bits per heavy atom. The molecule has 7 heteroatoms. The van der Waals surface area contributed by atoms with E-state index in [0.29, 0.717) is 11.3 Å². The van der Waals surface area contributed by atoms with E-state index in [1.54, 1.807) is 12.1 Å². The van der Waals surface area contributed by atoms with Gasteiger partial charge in [-0.3, -0.25) is 9.78 Å². The highest BCUT2D eigenvalue weighted by atomic mass is 19.4. The number of nitrogens with zero attached hydrogens (tertiary/aromatic N) is 3. The van der Waals surface area contributed by atoms with Gasteiger partial charge in [0.15, 0.2) is 0 Å². The molecule has 0 saturated carbocycles. The molecule has 0 unspecified atom stereocenters. The van der Waals surface area contributed by atoms with Crippen LogP contribution in [0.4, 0.5) is 13.2 Å². The quantitative estimate of drug-likeness (QED) is 0.722. The summed E-state index contributed by atoms with van der Waals surface area (Å²) in [6, 6.07) is 7.98. The normalized spacial score (nSPS) is 11.5. The maximum absolute atomic E-state index is 13.0. The van der Waals surface area contributed by atoms with E-state index in [1.165, 1.54) is 42.5 Å². The van der Waals surface area contributed by atoms with Crippen LogP contribution in [0.1, 0.15) is 5.56 Å². The molecule has 2 heterocycles. The standard InChI is InChI=1S/C17H12F3N3O/c1-23-10-22-15(11-5-7-21-8-6-11)14(16(23)24)12-3-2-4-13(9-12)17(18,19)20/h2-10H,1H3. The Labute approximate surface area is 135 Å². The average molecular weight is 331 g/mol. The molecular weight excluding hydrogens is 319 g/mol. The molecule has 0 bridgehead atoms. The molecule has 0 spiro atoms. The Morgan fingerprint density at radius 2 is 1.75 bits per heavy atom. The summed E-state index contributed by atoms with van der Waals surface area (Å²) in [6.07, 6.45) is -0.0791. The van der Waals surface area contributed by atoms with E-state index < -0.39 is 17.3 Å². The second-order valence-electron chi connectivity index (χ2n) is 5.20. The smallest absolute Gasteiger partial charge is 0.302 e. The summed E-state index contributed by atoms with van der Waals surface area (Å²) in [5.41, 5.74) is -0.0136. The molecule has 122 valence electrons. The lowest BCUT2D eigenvalue weighted by Gasteiger charge is -2.12. The summed E-state index contributed by atoms with van der Waals surface area (Å²) in [7, 11) is 1.50. The molecule has 1 aromatic carbocycles. The summed E-state index contributed by atoms with van der Waals surface area (Å²) >= 11 is 0. The fourth-order valence-corrected chi connectivity index (χ4v) is 2.38. The van der Waals surface area contributed by atoms with Crippen molar-refractivity contribution in [2.45, 2.75) is 6.18 Å². The van der Waals surface area contributed by atoms with Crippen LogP contribution in [0.2, 0.25) is 0 Å². The van der Waals surface area contributed by atoms with E-state index in [-0.39, 0.29) is 11.1 Å². The molecule has 3 rings (SSSR count). The van der Waals surface area contributed by atoms with Gasteiger partial charge in [0.25, 0.3) is 5.56 Å². The molecule has 0 N–H and O–H groups in total. The predicted octanol–water partition coefficient (Wildman–Crippen LogP) is 3.53. The predicted molar refractivity (Wildman–Crippen MR) is 83.1 cm³/mol. The van der Waals surface area contributed by atoms with Gasteiger partial charge in [0.05, 0.1) is 23.1 Å². The fraction of sp³-hybridized carbons (Fsp3) is 0.118. The summed E-state index contributed by atoms with van der Waals surface area (Å²) in [4.78, 5) is 20.7. The minimum absolute atomic E-state index is 0.123. The van der Waals surface area contributed by atoms with Gasteiger partial charge >= 0.3 is 6.18 Å². The van der Waals surface area contributed by atoms with Crippen molar-refractivity contribution in [2.75, 3.05) is 0 Å². The van der Waals surface area contributed by atoms with Crippen LogP contribution in [0.5, 0.6) is 0 Å². The number of pyridine rings is 1. The number of aryl methyl sites for hydroxylation is 1. The van der Waals surface area contributed by atoms with Gasteiger partial charge < -0.3 is 4.57 Å². The Hall–Kier alpha value is -2.96. The topological polar surface area (TPSA) is 47.8 Å². The Bertz CT molecular complexity index is 934. The maximum Gasteiger partial charge on any atom is 0.416 e. The Balaban J connectivity index is 2.28. The Morgan fingerprint density at radius 3 is 2.42 bits per heavy atom. The molecule has 4 nitrogen and oxygen atoms in total. The number of hydrogen-bond donors (Lipinski definition) is 0. The summed E-state index contributed by atoms with van der Waals surface area (Å²) in [5.74, 6) is 0. The molecule has 0 aliphatic rings. The molecule has 24 heavy (non-hydrogen) atoms. The highest BCUT2D eigenvalue weighted by molar-refractivity contribution is 5.80. The maximum atomic E-state index is 13.0. The van der Waals surface area contributed by atoms with Crippen molar-refractivity contribution < 1.29 is 13.2 Å². The van der Waals surface area contributed by atoms with Crippen LogP contribution >= 0.6 is 0 Å². The lowest BCUT2D eigenvalue weighted by Crippen LogP contribution is -2.20. The SMILES string of the molecule is Cn1cnc(-c2ccncc2)c(-c2cccc(C(F)(F)F)c2)c1=O. The van der Waals surface area contributed by atoms with Gasteiger partial charge in [-0.25, -0.2) is 4.98 Å². The molecule has 0 fully saturated rings. The van der Waals surface area contributed by atoms with Crippen molar-refractivity contribution in [3.8, 4) is 22.4 Å². The number of aromatic nitrogens is 3. The van der Waals surface area contributed by atoms with Gasteiger partial charge in [-0.2, -0.15) is 13.2 Å². The first-order chi connectivity index (χ1) is 11.4. The van der Waals surface area contributed by atoms with Crippen molar-refractivity contribution >= 4 is 0 Å². The van der Waals surface area contributed by atoms with Crippen LogP contribution in [-0.2, 0) is 13.2 Å². The molecule has 0 aliphatic carbocycles. The monoisotopic (exact) mass is 331 g/mol. The summed E-state index contributed by atoms with van der Waals surface area (Å²) in [6.45, 7) is 0. The number of halogens is 3. The van der Waals surface area contributed by atoms with E-state index in [2.05, 4.69) is 9.97 Å². The number of benzene rings is 1. The largest absolute Gasteiger partial charge is 0.416 e. The molecule has 0 atom stereocenters. The van der Waals surface area contributed by atoms with Crippen molar-refractivity contribution in [1.29, 1.82) is 0 Å². The van der Waals surface area contributed by atoms with E-state index >= 15 is 0 Å². The number of hydrogen-bond acceptors (Lipinski definition) is 3.